The first-order valence-electron chi connectivity index (χ1n) is 19.0. The third-order valence-electron chi connectivity index (χ3n) is 8.31. The Morgan fingerprint density at radius 2 is 0.930 bits per heavy atom. The minimum absolute atomic E-state index is 0.322. The average Bonchev–Trinajstić information content (AvgIpc) is 3.02. The molecule has 0 aromatic heterocycles. The van der Waals surface area contributed by atoms with Gasteiger partial charge in [0.25, 0.3) is 0 Å². The van der Waals surface area contributed by atoms with Gasteiger partial charge in [-0.3, -0.25) is 0 Å². The lowest BCUT2D eigenvalue weighted by Gasteiger charge is -2.11. The fourth-order valence-corrected chi connectivity index (χ4v) is 5.13. The standard InChI is InChI=1S/C28H59N.C10H21NO3/c1-3-5-7-9-11-13-15-17-19-21-23-25-27-29-28-26-24-22-20-18-16-14-12-10-8-6-4-2;1-3-9(2)10(12)8-14-7-6-13-5-4-11/h29H,3-28H2,1-2H3;3,10,12H,4-8,11H2,1-2H3. The van der Waals surface area contributed by atoms with Crippen LogP contribution in [0.2, 0.25) is 0 Å². The predicted molar refractivity (Wildman–Crippen MR) is 191 cm³/mol. The summed E-state index contributed by atoms with van der Waals surface area (Å²) in [5.74, 6) is 0. The van der Waals surface area contributed by atoms with Crippen LogP contribution in [0.15, 0.2) is 11.6 Å². The van der Waals surface area contributed by atoms with Gasteiger partial charge in [0.15, 0.2) is 0 Å². The second-order valence-electron chi connectivity index (χ2n) is 12.6. The molecule has 0 aromatic rings. The van der Waals surface area contributed by atoms with Gasteiger partial charge >= 0.3 is 0 Å². The summed E-state index contributed by atoms with van der Waals surface area (Å²) in [6, 6.07) is 0. The summed E-state index contributed by atoms with van der Waals surface area (Å²) in [7, 11) is 0. The van der Waals surface area contributed by atoms with Crippen molar-refractivity contribution in [3.63, 3.8) is 0 Å². The van der Waals surface area contributed by atoms with Crippen molar-refractivity contribution in [2.45, 2.75) is 188 Å². The Labute approximate surface area is 270 Å². The Balaban J connectivity index is 0. The van der Waals surface area contributed by atoms with Crippen molar-refractivity contribution < 1.29 is 14.6 Å². The molecule has 0 aliphatic heterocycles. The van der Waals surface area contributed by atoms with Crippen molar-refractivity contribution in [2.75, 3.05) is 46.1 Å². The monoisotopic (exact) mass is 613 g/mol. The number of aliphatic hydroxyl groups is 1. The summed E-state index contributed by atoms with van der Waals surface area (Å²) in [5.41, 5.74) is 6.16. The molecule has 0 saturated carbocycles. The summed E-state index contributed by atoms with van der Waals surface area (Å²) in [4.78, 5) is 0. The smallest absolute Gasteiger partial charge is 0.0980 e. The number of rotatable bonds is 34. The Bertz CT molecular complexity index is 489. The molecule has 0 fully saturated rings. The van der Waals surface area contributed by atoms with E-state index >= 15 is 0 Å². The molecule has 5 nitrogen and oxygen atoms in total. The highest BCUT2D eigenvalue weighted by molar-refractivity contribution is 5.02. The number of nitrogens with one attached hydrogen (secondary N) is 1. The van der Waals surface area contributed by atoms with Crippen molar-refractivity contribution in [1.82, 2.24) is 5.32 Å². The van der Waals surface area contributed by atoms with E-state index in [0.717, 1.165) is 5.57 Å². The van der Waals surface area contributed by atoms with Gasteiger partial charge < -0.3 is 25.6 Å². The van der Waals surface area contributed by atoms with Gasteiger partial charge in [-0.1, -0.05) is 161 Å². The summed E-state index contributed by atoms with van der Waals surface area (Å²) < 4.78 is 10.3. The normalized spacial score (nSPS) is 12.4. The van der Waals surface area contributed by atoms with Gasteiger partial charge in [-0.25, -0.2) is 0 Å². The van der Waals surface area contributed by atoms with Crippen molar-refractivity contribution in [2.24, 2.45) is 5.73 Å². The maximum Gasteiger partial charge on any atom is 0.0980 e. The van der Waals surface area contributed by atoms with Gasteiger partial charge in [0.1, 0.15) is 0 Å². The van der Waals surface area contributed by atoms with E-state index in [0.29, 0.717) is 33.0 Å². The molecule has 0 rings (SSSR count). The number of aliphatic hydroxyl groups excluding tert-OH is 1. The number of allylic oxidation sites excluding steroid dienone is 1. The molecule has 1 unspecified atom stereocenters. The molecular weight excluding hydrogens is 532 g/mol. The maximum atomic E-state index is 9.47. The molecule has 1 atom stereocenters. The van der Waals surface area contributed by atoms with E-state index in [1.807, 2.05) is 19.9 Å². The lowest BCUT2D eigenvalue weighted by molar-refractivity contribution is 0.0158. The van der Waals surface area contributed by atoms with E-state index in [2.05, 4.69) is 19.2 Å². The molecule has 0 spiro atoms. The van der Waals surface area contributed by atoms with Crippen molar-refractivity contribution in [3.8, 4) is 0 Å². The quantitative estimate of drug-likeness (QED) is 0.0498. The van der Waals surface area contributed by atoms with Crippen LogP contribution in [0.4, 0.5) is 0 Å². The highest BCUT2D eigenvalue weighted by Gasteiger charge is 2.04. The molecule has 0 bridgehead atoms. The fourth-order valence-electron chi connectivity index (χ4n) is 5.13. The van der Waals surface area contributed by atoms with Gasteiger partial charge in [0.2, 0.25) is 0 Å². The van der Waals surface area contributed by atoms with Gasteiger partial charge in [-0.15, -0.1) is 0 Å². The Kier molecular flexibility index (Phi) is 43.1. The zero-order valence-electron chi connectivity index (χ0n) is 29.9. The molecule has 0 aliphatic carbocycles. The number of nitrogens with two attached hydrogens (primary N) is 1. The molecule has 5 heteroatoms. The maximum absolute atomic E-state index is 9.47. The van der Waals surface area contributed by atoms with Gasteiger partial charge in [-0.2, -0.15) is 0 Å². The lowest BCUT2D eigenvalue weighted by Crippen LogP contribution is -2.19. The molecule has 0 amide bonds. The third kappa shape index (κ3) is 41.5. The molecule has 4 N–H and O–H groups in total. The van der Waals surface area contributed by atoms with Crippen molar-refractivity contribution in [1.29, 1.82) is 0 Å². The number of unbranched alkanes of at least 4 members (excludes halogenated alkanes) is 22. The molecule has 43 heavy (non-hydrogen) atoms. The molecular formula is C38H80N2O3. The summed E-state index contributed by atoms with van der Waals surface area (Å²) in [5, 5.41) is 13.1. The topological polar surface area (TPSA) is 76.7 Å². The van der Waals surface area contributed by atoms with Crippen LogP contribution in [0, 0.1) is 0 Å². The van der Waals surface area contributed by atoms with Crippen LogP contribution < -0.4 is 11.1 Å². The van der Waals surface area contributed by atoms with E-state index in [1.165, 1.54) is 167 Å². The van der Waals surface area contributed by atoms with E-state index in [1.54, 1.807) is 0 Å². The summed E-state index contributed by atoms with van der Waals surface area (Å²) in [6.45, 7) is 13.3. The minimum atomic E-state index is -0.505. The zero-order chi connectivity index (χ0) is 31.9. The highest BCUT2D eigenvalue weighted by atomic mass is 16.5. The first kappa shape index (κ1) is 44.7. The van der Waals surface area contributed by atoms with E-state index in [9.17, 15) is 5.11 Å². The predicted octanol–water partition coefficient (Wildman–Crippen LogP) is 10.3. The molecule has 0 radical (unpaired) electrons. The van der Waals surface area contributed by atoms with Crippen LogP contribution >= 0.6 is 0 Å². The average molecular weight is 613 g/mol. The minimum Gasteiger partial charge on any atom is -0.386 e. The molecule has 0 saturated heterocycles. The first-order valence-corrected chi connectivity index (χ1v) is 19.0. The molecule has 0 aromatic carbocycles. The zero-order valence-corrected chi connectivity index (χ0v) is 29.9. The lowest BCUT2D eigenvalue weighted by atomic mass is 10.1. The van der Waals surface area contributed by atoms with Gasteiger partial charge in [0.05, 0.1) is 32.5 Å². The molecule has 0 heterocycles. The third-order valence-corrected chi connectivity index (χ3v) is 8.31. The van der Waals surface area contributed by atoms with Crippen LogP contribution in [0.5, 0.6) is 0 Å². The Hall–Kier alpha value is -0.460. The van der Waals surface area contributed by atoms with Crippen LogP contribution in [-0.2, 0) is 9.47 Å². The first-order chi connectivity index (χ1) is 21.1. The highest BCUT2D eigenvalue weighted by Crippen LogP contribution is 2.13. The van der Waals surface area contributed by atoms with E-state index in [4.69, 9.17) is 15.2 Å². The molecule has 260 valence electrons. The van der Waals surface area contributed by atoms with E-state index in [-0.39, 0.29) is 0 Å². The van der Waals surface area contributed by atoms with Gasteiger partial charge in [0, 0.05) is 6.54 Å². The van der Waals surface area contributed by atoms with Crippen LogP contribution in [0.25, 0.3) is 0 Å². The van der Waals surface area contributed by atoms with Crippen LogP contribution in [0.1, 0.15) is 182 Å². The van der Waals surface area contributed by atoms with Crippen LogP contribution in [-0.4, -0.2) is 57.3 Å². The van der Waals surface area contributed by atoms with Crippen molar-refractivity contribution >= 4 is 0 Å². The van der Waals surface area contributed by atoms with Gasteiger partial charge in [-0.05, 0) is 45.4 Å². The number of hydrogen-bond donors (Lipinski definition) is 3. The Morgan fingerprint density at radius 3 is 1.28 bits per heavy atom. The molecule has 0 aliphatic rings. The summed E-state index contributed by atoms with van der Waals surface area (Å²) >= 11 is 0. The van der Waals surface area contributed by atoms with E-state index < -0.39 is 6.10 Å². The van der Waals surface area contributed by atoms with Crippen molar-refractivity contribution in [3.05, 3.63) is 11.6 Å². The Morgan fingerprint density at radius 1 is 0.581 bits per heavy atom. The number of hydrogen-bond acceptors (Lipinski definition) is 5. The largest absolute Gasteiger partial charge is 0.386 e. The SMILES string of the molecule is CC=C(C)C(O)COCCOCCN.CCCCCCCCCCCCCCNCCCCCCCCCCCCCC. The van der Waals surface area contributed by atoms with Crippen LogP contribution in [0.3, 0.4) is 0 Å². The fraction of sp³-hybridized carbons (Fsp3) is 0.947. The second kappa shape index (κ2) is 41.5. The second-order valence-corrected chi connectivity index (χ2v) is 12.6. The number of ether oxygens (including phenoxy) is 2. The summed E-state index contributed by atoms with van der Waals surface area (Å²) in [6.07, 6.45) is 36.1.